The number of nitrogens with zero attached hydrogens (tertiary/aromatic N) is 1. The molecule has 0 radical (unpaired) electrons. The number of hydrogen-bond acceptors (Lipinski definition) is 4. The van der Waals surface area contributed by atoms with Crippen LogP contribution in [0.4, 0.5) is 0 Å². The largest absolute Gasteiger partial charge is 0.460 e. The van der Waals surface area contributed by atoms with E-state index in [0.717, 1.165) is 0 Å². The van der Waals surface area contributed by atoms with Crippen LogP contribution in [-0.4, -0.2) is 48.3 Å². The molecule has 1 aliphatic rings. The van der Waals surface area contributed by atoms with Crippen molar-refractivity contribution < 1.29 is 14.6 Å². The van der Waals surface area contributed by atoms with Crippen molar-refractivity contribution in [2.75, 3.05) is 20.2 Å². The van der Waals surface area contributed by atoms with Crippen LogP contribution < -0.4 is 0 Å². The first-order chi connectivity index (χ1) is 6.15. The maximum atomic E-state index is 11.3. The van der Waals surface area contributed by atoms with E-state index in [-0.39, 0.29) is 18.6 Å². The molecule has 1 unspecified atom stereocenters. The van der Waals surface area contributed by atoms with Gasteiger partial charge in [0.1, 0.15) is 12.6 Å². The Hall–Kier alpha value is -0.870. The third-order valence-electron chi connectivity index (χ3n) is 2.14. The third-order valence-corrected chi connectivity index (χ3v) is 2.14. The van der Waals surface area contributed by atoms with Crippen LogP contribution in [0.3, 0.4) is 0 Å². The van der Waals surface area contributed by atoms with Crippen LogP contribution in [0.25, 0.3) is 0 Å². The minimum atomic E-state index is -0.411. The van der Waals surface area contributed by atoms with Crippen LogP contribution >= 0.6 is 0 Å². The Morgan fingerprint density at radius 1 is 1.85 bits per heavy atom. The fraction of sp³-hybridized carbons (Fsp3) is 0.667. The van der Waals surface area contributed by atoms with Crippen molar-refractivity contribution in [3.05, 3.63) is 12.7 Å². The van der Waals surface area contributed by atoms with E-state index >= 15 is 0 Å². The highest BCUT2D eigenvalue weighted by molar-refractivity contribution is 5.76. The number of aliphatic hydroxyl groups excluding tert-OH is 1. The van der Waals surface area contributed by atoms with E-state index < -0.39 is 6.10 Å². The summed E-state index contributed by atoms with van der Waals surface area (Å²) in [5.74, 6) is -0.279. The van der Waals surface area contributed by atoms with E-state index in [1.807, 2.05) is 0 Å². The molecular weight excluding hydrogens is 170 g/mol. The van der Waals surface area contributed by atoms with Gasteiger partial charge in [-0.05, 0) is 7.05 Å². The lowest BCUT2D eigenvalue weighted by atomic mass is 10.2. The molecule has 1 heterocycles. The van der Waals surface area contributed by atoms with Gasteiger partial charge in [0.2, 0.25) is 0 Å². The van der Waals surface area contributed by atoms with Crippen molar-refractivity contribution in [2.24, 2.45) is 0 Å². The smallest absolute Gasteiger partial charge is 0.323 e. The molecule has 0 amide bonds. The Bertz CT molecular complexity index is 205. The van der Waals surface area contributed by atoms with Gasteiger partial charge in [-0.3, -0.25) is 9.69 Å². The lowest BCUT2D eigenvalue weighted by Crippen LogP contribution is -2.34. The molecule has 0 spiro atoms. The van der Waals surface area contributed by atoms with E-state index in [2.05, 4.69) is 6.58 Å². The average Bonchev–Trinajstić information content (AvgIpc) is 2.41. The summed E-state index contributed by atoms with van der Waals surface area (Å²) in [7, 11) is 1.80. The number of aliphatic hydroxyl groups is 1. The van der Waals surface area contributed by atoms with Crippen molar-refractivity contribution in [2.45, 2.75) is 18.6 Å². The fourth-order valence-corrected chi connectivity index (χ4v) is 1.49. The summed E-state index contributed by atoms with van der Waals surface area (Å²) in [6.07, 6.45) is 1.58. The molecule has 1 N–H and O–H groups in total. The molecule has 0 aliphatic carbocycles. The number of carbonyl (C=O) groups excluding carboxylic acids is 1. The standard InChI is InChI=1S/C9H15NO3/c1-3-4-13-9(12)8-5-7(11)6-10(8)2/h3,7-8,11H,1,4-6H2,2H3/t7-,8?/m0/s1. The molecule has 74 valence electrons. The van der Waals surface area contributed by atoms with Gasteiger partial charge in [0, 0.05) is 13.0 Å². The number of carbonyl (C=O) groups is 1. The molecule has 1 rings (SSSR count). The predicted octanol–water partition coefficient (Wildman–Crippen LogP) is -0.219. The topological polar surface area (TPSA) is 49.8 Å². The fourth-order valence-electron chi connectivity index (χ4n) is 1.49. The number of rotatable bonds is 3. The number of likely N-dealkylation sites (tertiary alicyclic amines) is 1. The Balaban J connectivity index is 2.42. The molecule has 1 saturated heterocycles. The molecule has 0 aromatic rings. The number of hydrogen-bond donors (Lipinski definition) is 1. The molecule has 4 heteroatoms. The second-order valence-corrected chi connectivity index (χ2v) is 3.26. The van der Waals surface area contributed by atoms with E-state index in [1.54, 1.807) is 11.9 Å². The minimum Gasteiger partial charge on any atom is -0.460 e. The maximum absolute atomic E-state index is 11.3. The van der Waals surface area contributed by atoms with E-state index in [1.165, 1.54) is 6.08 Å². The normalized spacial score (nSPS) is 28.8. The first-order valence-corrected chi connectivity index (χ1v) is 4.31. The first kappa shape index (κ1) is 10.2. The lowest BCUT2D eigenvalue weighted by Gasteiger charge is -2.16. The van der Waals surface area contributed by atoms with Gasteiger partial charge in [0.05, 0.1) is 6.10 Å². The molecule has 0 bridgehead atoms. The third kappa shape index (κ3) is 2.54. The van der Waals surface area contributed by atoms with Crippen molar-refractivity contribution in [3.63, 3.8) is 0 Å². The summed E-state index contributed by atoms with van der Waals surface area (Å²) in [5.41, 5.74) is 0. The van der Waals surface area contributed by atoms with Crippen LogP contribution in [0.5, 0.6) is 0 Å². The van der Waals surface area contributed by atoms with Gasteiger partial charge in [0.15, 0.2) is 0 Å². The SMILES string of the molecule is C=CCOC(=O)C1C[C@H](O)CN1C. The molecule has 1 fully saturated rings. The highest BCUT2D eigenvalue weighted by atomic mass is 16.5. The van der Waals surface area contributed by atoms with Gasteiger partial charge in [-0.2, -0.15) is 0 Å². The van der Waals surface area contributed by atoms with Crippen LogP contribution in [0, 0.1) is 0 Å². The molecular formula is C9H15NO3. The number of β-amino-alcohol motifs (C(OH)–C–C–N with tert-alkyl or cyclic N) is 1. The molecule has 4 nitrogen and oxygen atoms in total. The van der Waals surface area contributed by atoms with Crippen LogP contribution in [0.2, 0.25) is 0 Å². The molecule has 0 aromatic heterocycles. The van der Waals surface area contributed by atoms with E-state index in [0.29, 0.717) is 13.0 Å². The molecule has 2 atom stereocenters. The predicted molar refractivity (Wildman–Crippen MR) is 48.2 cm³/mol. The van der Waals surface area contributed by atoms with Crippen molar-refractivity contribution in [1.29, 1.82) is 0 Å². The molecule has 0 saturated carbocycles. The van der Waals surface area contributed by atoms with Crippen molar-refractivity contribution >= 4 is 5.97 Å². The Labute approximate surface area is 77.8 Å². The van der Waals surface area contributed by atoms with Crippen molar-refractivity contribution in [1.82, 2.24) is 4.90 Å². The van der Waals surface area contributed by atoms with Gasteiger partial charge >= 0.3 is 5.97 Å². The van der Waals surface area contributed by atoms with Gasteiger partial charge < -0.3 is 9.84 Å². The van der Waals surface area contributed by atoms with Gasteiger partial charge in [0.25, 0.3) is 0 Å². The summed E-state index contributed by atoms with van der Waals surface area (Å²) in [4.78, 5) is 13.1. The summed E-state index contributed by atoms with van der Waals surface area (Å²) >= 11 is 0. The summed E-state index contributed by atoms with van der Waals surface area (Å²) in [5, 5.41) is 9.27. The first-order valence-electron chi connectivity index (χ1n) is 4.31. The zero-order chi connectivity index (χ0) is 9.84. The lowest BCUT2D eigenvalue weighted by molar-refractivity contribution is -0.147. The Kier molecular flexibility index (Phi) is 3.45. The highest BCUT2D eigenvalue weighted by Crippen LogP contribution is 2.16. The molecule has 1 aliphatic heterocycles. The quantitative estimate of drug-likeness (QED) is 0.488. The van der Waals surface area contributed by atoms with Crippen LogP contribution in [0.1, 0.15) is 6.42 Å². The van der Waals surface area contributed by atoms with Gasteiger partial charge in [-0.25, -0.2) is 0 Å². The molecule has 0 aromatic carbocycles. The second kappa shape index (κ2) is 4.39. The zero-order valence-corrected chi connectivity index (χ0v) is 7.77. The number of likely N-dealkylation sites (N-methyl/N-ethyl adjacent to an activating group) is 1. The van der Waals surface area contributed by atoms with E-state index in [9.17, 15) is 9.90 Å². The Morgan fingerprint density at radius 2 is 2.54 bits per heavy atom. The zero-order valence-electron chi connectivity index (χ0n) is 7.77. The summed E-state index contributed by atoms with van der Waals surface area (Å²) in [6.45, 7) is 4.22. The van der Waals surface area contributed by atoms with Crippen LogP contribution in [0.15, 0.2) is 12.7 Å². The summed E-state index contributed by atoms with van der Waals surface area (Å²) < 4.78 is 4.88. The van der Waals surface area contributed by atoms with Crippen LogP contribution in [-0.2, 0) is 9.53 Å². The highest BCUT2D eigenvalue weighted by Gasteiger charge is 2.34. The minimum absolute atomic E-state index is 0.235. The Morgan fingerprint density at radius 3 is 3.00 bits per heavy atom. The molecule has 13 heavy (non-hydrogen) atoms. The maximum Gasteiger partial charge on any atom is 0.323 e. The van der Waals surface area contributed by atoms with Gasteiger partial charge in [-0.1, -0.05) is 12.7 Å². The number of esters is 1. The monoisotopic (exact) mass is 185 g/mol. The summed E-state index contributed by atoms with van der Waals surface area (Å²) in [6, 6.07) is -0.296. The second-order valence-electron chi connectivity index (χ2n) is 3.26. The van der Waals surface area contributed by atoms with Crippen molar-refractivity contribution in [3.8, 4) is 0 Å². The number of ether oxygens (including phenoxy) is 1. The van der Waals surface area contributed by atoms with E-state index in [4.69, 9.17) is 4.74 Å². The average molecular weight is 185 g/mol. The van der Waals surface area contributed by atoms with Gasteiger partial charge in [-0.15, -0.1) is 0 Å².